The summed E-state index contributed by atoms with van der Waals surface area (Å²) in [6.07, 6.45) is 5.71. The van der Waals surface area contributed by atoms with E-state index in [1.807, 2.05) is 26.0 Å². The van der Waals surface area contributed by atoms with Crippen molar-refractivity contribution in [2.24, 2.45) is 35.3 Å². The second-order valence-electron chi connectivity index (χ2n) is 17.4. The van der Waals surface area contributed by atoms with Gasteiger partial charge in [-0.15, -0.1) is 6.58 Å². The summed E-state index contributed by atoms with van der Waals surface area (Å²) in [5.41, 5.74) is 6.49. The van der Waals surface area contributed by atoms with E-state index in [4.69, 9.17) is 29.4 Å². The molecule has 2 saturated heterocycles. The van der Waals surface area contributed by atoms with Crippen molar-refractivity contribution in [2.75, 3.05) is 27.9 Å². The highest BCUT2D eigenvalue weighted by Crippen LogP contribution is 2.38. The van der Waals surface area contributed by atoms with Gasteiger partial charge in [-0.1, -0.05) is 44.6 Å². The van der Waals surface area contributed by atoms with Crippen molar-refractivity contribution in [3.8, 4) is 0 Å². The van der Waals surface area contributed by atoms with Crippen molar-refractivity contribution in [2.45, 2.75) is 160 Å². The molecule has 14 atom stereocenters. The van der Waals surface area contributed by atoms with Gasteiger partial charge in [0.1, 0.15) is 24.0 Å². The zero-order valence-corrected chi connectivity index (χ0v) is 35.5. The van der Waals surface area contributed by atoms with Gasteiger partial charge >= 0.3 is 5.97 Å². The van der Waals surface area contributed by atoms with E-state index in [0.717, 1.165) is 5.57 Å². The Bertz CT molecular complexity index is 1480. The second kappa shape index (κ2) is 21.0. The number of carbonyl (C=O) groups excluding carboxylic acids is 4. The van der Waals surface area contributed by atoms with Crippen molar-refractivity contribution in [3.05, 3.63) is 36.0 Å². The Morgan fingerprint density at radius 3 is 2.26 bits per heavy atom. The third-order valence-corrected chi connectivity index (χ3v) is 13.0. The highest BCUT2D eigenvalue weighted by molar-refractivity contribution is 6.39. The van der Waals surface area contributed by atoms with E-state index in [0.29, 0.717) is 63.4 Å². The molecule has 2 bridgehead atoms. The molecule has 0 aromatic heterocycles. The summed E-state index contributed by atoms with van der Waals surface area (Å²) in [5.74, 6) is -4.53. The lowest BCUT2D eigenvalue weighted by atomic mass is 9.80. The number of Topliss-reactive ketones (excluding diaryl/α,β-unsaturated/α-hetero) is 2. The van der Waals surface area contributed by atoms with Crippen molar-refractivity contribution < 1.29 is 53.1 Å². The van der Waals surface area contributed by atoms with Crippen LogP contribution < -0.4 is 5.73 Å². The van der Waals surface area contributed by atoms with Gasteiger partial charge in [-0.05, 0) is 95.5 Å². The van der Waals surface area contributed by atoms with Crippen LogP contribution in [0.4, 0.5) is 0 Å². The van der Waals surface area contributed by atoms with Crippen molar-refractivity contribution in [1.82, 2.24) is 4.90 Å². The molecule has 3 heterocycles. The predicted octanol–water partition coefficient (Wildman–Crippen LogP) is 4.61. The highest BCUT2D eigenvalue weighted by atomic mass is 16.6. The molecule has 3 fully saturated rings. The van der Waals surface area contributed by atoms with Gasteiger partial charge in [0, 0.05) is 52.0 Å². The summed E-state index contributed by atoms with van der Waals surface area (Å²) in [4.78, 5) is 58.1. The fourth-order valence-electron chi connectivity index (χ4n) is 9.47. The number of hydrogen-bond acceptors (Lipinski definition) is 12. The molecular weight excluding hydrogens is 732 g/mol. The number of ether oxygens (including phenoxy) is 5. The maximum atomic E-state index is 14.3. The molecule has 4 N–H and O–H groups in total. The minimum absolute atomic E-state index is 0.00323. The van der Waals surface area contributed by atoms with Crippen LogP contribution in [0.3, 0.4) is 0 Å². The number of piperidine rings is 1. The van der Waals surface area contributed by atoms with E-state index in [9.17, 15) is 29.4 Å². The number of cyclic esters (lactones) is 1. The first-order valence-electron chi connectivity index (χ1n) is 21.0. The molecule has 4 rings (SSSR count). The first kappa shape index (κ1) is 46.9. The number of aliphatic hydroxyl groups excluding tert-OH is 2. The number of nitrogens with two attached hydrogens (primary N) is 1. The lowest BCUT2D eigenvalue weighted by Crippen LogP contribution is -2.68. The number of aliphatic hydroxyl groups is 2. The summed E-state index contributed by atoms with van der Waals surface area (Å²) in [6, 6.07) is -1.09. The molecule has 0 spiro atoms. The molecule has 13 nitrogen and oxygen atoms in total. The number of hydrogen-bond donors (Lipinski definition) is 3. The number of methoxy groups -OCH3 is 3. The minimum Gasteiger partial charge on any atom is -0.456 e. The van der Waals surface area contributed by atoms with Gasteiger partial charge in [0.2, 0.25) is 0 Å². The van der Waals surface area contributed by atoms with Crippen LogP contribution in [0.5, 0.6) is 0 Å². The monoisotopic (exact) mass is 802 g/mol. The molecule has 3 aliphatic heterocycles. The smallest absolute Gasteiger partial charge is 0.329 e. The summed E-state index contributed by atoms with van der Waals surface area (Å²) in [7, 11) is 4.70. The van der Waals surface area contributed by atoms with Gasteiger partial charge in [-0.25, -0.2) is 4.79 Å². The largest absolute Gasteiger partial charge is 0.456 e. The second-order valence-corrected chi connectivity index (χ2v) is 17.4. The van der Waals surface area contributed by atoms with Gasteiger partial charge in [0.05, 0.1) is 30.5 Å². The fourth-order valence-corrected chi connectivity index (χ4v) is 9.47. The number of carbonyl (C=O) groups is 4. The third-order valence-electron chi connectivity index (χ3n) is 13.0. The van der Waals surface area contributed by atoms with E-state index >= 15 is 0 Å². The van der Waals surface area contributed by atoms with Crippen LogP contribution in [0, 0.1) is 29.6 Å². The summed E-state index contributed by atoms with van der Waals surface area (Å²) in [6.45, 7) is 13.4. The number of ketones is 2. The quantitative estimate of drug-likeness (QED) is 0.185. The SMILES string of the molecule is C=CCC1/C=C(\C)CC(C)CC(OC)C2OC(N)(C(=O)C(=O)N3CCCCC3C(=O)OC(C(C)=CC3CCC(O)C(OC)C3)C(C)C(O)CC1=O)C(C)CC2OC. The van der Waals surface area contributed by atoms with Crippen molar-refractivity contribution >= 4 is 23.4 Å². The molecule has 0 aromatic carbocycles. The average Bonchev–Trinajstić information content (AvgIpc) is 3.18. The number of rotatable bonds is 7. The molecule has 1 saturated carbocycles. The third kappa shape index (κ3) is 11.3. The van der Waals surface area contributed by atoms with E-state index in [1.165, 1.54) is 4.90 Å². The summed E-state index contributed by atoms with van der Waals surface area (Å²) >= 11 is 0. The van der Waals surface area contributed by atoms with Gasteiger partial charge in [-0.2, -0.15) is 0 Å². The Morgan fingerprint density at radius 1 is 0.947 bits per heavy atom. The van der Waals surface area contributed by atoms with Crippen LogP contribution in [0.2, 0.25) is 0 Å². The standard InChI is InChI=1S/C44H70N2O11/c1-10-13-31-19-25(2)18-26(3)20-37(54-8)40-38(55-9)22-28(5)44(45,57-40)41(50)42(51)46-17-12-11-14-32(46)43(52)56-39(29(6)34(48)24-35(31)49)27(4)21-30-15-16-33(47)36(23-30)53-7/h10,19,21,26,28-34,36-40,47-48H,1,11-18,20,22-24,45H2,2-9H3/b25-19+,27-21?. The molecule has 14 unspecified atom stereocenters. The normalized spacial score (nSPS) is 41.0. The first-order valence-corrected chi connectivity index (χ1v) is 21.0. The van der Waals surface area contributed by atoms with Crippen LogP contribution in [0.25, 0.3) is 0 Å². The molecule has 57 heavy (non-hydrogen) atoms. The number of amides is 1. The Labute approximate surface area is 339 Å². The topological polar surface area (TPSA) is 184 Å². The Kier molecular flexibility index (Phi) is 17.2. The Balaban J connectivity index is 1.78. The Hall–Kier alpha value is -2.78. The van der Waals surface area contributed by atoms with Gasteiger partial charge in [0.15, 0.2) is 5.72 Å². The molecular formula is C44H70N2O11. The summed E-state index contributed by atoms with van der Waals surface area (Å²) in [5, 5.41) is 22.1. The first-order chi connectivity index (χ1) is 27.0. The van der Waals surface area contributed by atoms with Crippen LogP contribution in [0.15, 0.2) is 36.0 Å². The zero-order valence-electron chi connectivity index (χ0n) is 35.5. The van der Waals surface area contributed by atoms with Crippen molar-refractivity contribution in [3.63, 3.8) is 0 Å². The van der Waals surface area contributed by atoms with Crippen molar-refractivity contribution in [1.29, 1.82) is 0 Å². The highest BCUT2D eigenvalue weighted by Gasteiger charge is 2.55. The number of allylic oxidation sites excluding steroid dienone is 4. The van der Waals surface area contributed by atoms with E-state index in [-0.39, 0.29) is 43.1 Å². The molecule has 322 valence electrons. The lowest BCUT2D eigenvalue weighted by Gasteiger charge is -2.47. The minimum atomic E-state index is -2.01. The van der Waals surface area contributed by atoms with Gasteiger partial charge in [0.25, 0.3) is 11.7 Å². The average molecular weight is 803 g/mol. The van der Waals surface area contributed by atoms with Crippen LogP contribution >= 0.6 is 0 Å². The van der Waals surface area contributed by atoms with Crippen LogP contribution in [0.1, 0.15) is 105 Å². The molecule has 0 aromatic rings. The van der Waals surface area contributed by atoms with E-state index in [2.05, 4.69) is 13.5 Å². The molecule has 13 heteroatoms. The van der Waals surface area contributed by atoms with E-state index in [1.54, 1.807) is 41.3 Å². The Morgan fingerprint density at radius 2 is 1.61 bits per heavy atom. The van der Waals surface area contributed by atoms with E-state index < -0.39 is 83.8 Å². The number of esters is 1. The molecule has 1 amide bonds. The lowest BCUT2D eigenvalue weighted by molar-refractivity contribution is -0.233. The number of fused-ring (bicyclic) bond motifs is 3. The number of nitrogens with zero attached hydrogens (tertiary/aromatic N) is 1. The zero-order chi connectivity index (χ0) is 42.2. The maximum absolute atomic E-state index is 14.3. The van der Waals surface area contributed by atoms with Gasteiger partial charge in [-0.3, -0.25) is 20.1 Å². The maximum Gasteiger partial charge on any atom is 0.329 e. The van der Waals surface area contributed by atoms with Gasteiger partial charge < -0.3 is 38.8 Å². The van der Waals surface area contributed by atoms with Crippen LogP contribution in [-0.2, 0) is 42.9 Å². The van der Waals surface area contributed by atoms with Crippen LogP contribution in [-0.4, -0.2) is 121 Å². The molecule has 1 aliphatic carbocycles. The molecule has 0 radical (unpaired) electrons. The molecule has 4 aliphatic rings. The summed E-state index contributed by atoms with van der Waals surface area (Å²) < 4.78 is 30.1. The predicted molar refractivity (Wildman–Crippen MR) is 215 cm³/mol. The fraction of sp³-hybridized carbons (Fsp3) is 0.773.